The smallest absolute Gasteiger partial charge is 0.174 e. The summed E-state index contributed by atoms with van der Waals surface area (Å²) < 4.78 is 4.91. The molecule has 6 heteroatoms. The topological polar surface area (TPSA) is 64.7 Å². The maximum Gasteiger partial charge on any atom is 0.174 e. The van der Waals surface area contributed by atoms with E-state index in [0.717, 1.165) is 26.2 Å². The lowest BCUT2D eigenvalue weighted by molar-refractivity contribution is 0.944. The van der Waals surface area contributed by atoms with Gasteiger partial charge in [-0.05, 0) is 31.4 Å². The molecule has 0 radical (unpaired) electrons. The van der Waals surface area contributed by atoms with E-state index in [-0.39, 0.29) is 0 Å². The Balaban J connectivity index is 2.39. The van der Waals surface area contributed by atoms with Crippen LogP contribution in [0.2, 0.25) is 0 Å². The van der Waals surface area contributed by atoms with Crippen molar-refractivity contribution in [1.82, 2.24) is 14.3 Å². The van der Waals surface area contributed by atoms with Gasteiger partial charge in [0.15, 0.2) is 4.34 Å². The molecule has 16 heavy (non-hydrogen) atoms. The summed E-state index contributed by atoms with van der Waals surface area (Å²) in [6, 6.07) is 2.04. The van der Waals surface area contributed by atoms with Crippen molar-refractivity contribution in [3.05, 3.63) is 29.3 Å². The van der Waals surface area contributed by atoms with E-state index in [1.54, 1.807) is 18.1 Å². The fourth-order valence-electron chi connectivity index (χ4n) is 1.46. The van der Waals surface area contributed by atoms with Crippen molar-refractivity contribution in [2.75, 3.05) is 0 Å². The molecule has 0 unspecified atom stereocenters. The number of pyridine rings is 1. The zero-order valence-corrected chi connectivity index (χ0v) is 10.7. The lowest BCUT2D eigenvalue weighted by atomic mass is 10.2. The maximum atomic E-state index is 5.74. The van der Waals surface area contributed by atoms with Gasteiger partial charge in [0.2, 0.25) is 0 Å². The number of hydrogen-bond donors (Lipinski definition) is 1. The van der Waals surface area contributed by atoms with E-state index in [1.165, 1.54) is 11.5 Å². The van der Waals surface area contributed by atoms with Crippen LogP contribution < -0.4 is 5.73 Å². The molecule has 0 saturated carbocycles. The van der Waals surface area contributed by atoms with Gasteiger partial charge in [-0.3, -0.25) is 4.98 Å². The average molecular weight is 252 g/mol. The van der Waals surface area contributed by atoms with Gasteiger partial charge >= 0.3 is 0 Å². The molecule has 0 aliphatic heterocycles. The minimum Gasteiger partial charge on any atom is -0.326 e. The van der Waals surface area contributed by atoms with Crippen LogP contribution in [0.25, 0.3) is 0 Å². The van der Waals surface area contributed by atoms with Gasteiger partial charge in [-0.15, -0.1) is 0 Å². The largest absolute Gasteiger partial charge is 0.326 e. The Morgan fingerprint density at radius 3 is 2.88 bits per heavy atom. The zero-order valence-electron chi connectivity index (χ0n) is 9.10. The van der Waals surface area contributed by atoms with Crippen molar-refractivity contribution < 1.29 is 0 Å². The summed E-state index contributed by atoms with van der Waals surface area (Å²) in [5, 5.41) is 0. The fourth-order valence-corrected chi connectivity index (χ4v) is 3.16. The van der Waals surface area contributed by atoms with Crippen LogP contribution in [-0.2, 0) is 6.54 Å². The lowest BCUT2D eigenvalue weighted by Crippen LogP contribution is -2.04. The van der Waals surface area contributed by atoms with Gasteiger partial charge in [-0.2, -0.15) is 4.37 Å². The predicted molar refractivity (Wildman–Crippen MR) is 65.6 cm³/mol. The summed E-state index contributed by atoms with van der Waals surface area (Å²) in [5.74, 6) is 0. The van der Waals surface area contributed by atoms with E-state index in [0.29, 0.717) is 6.54 Å². The molecule has 0 bridgehead atoms. The predicted octanol–water partition coefficient (Wildman–Crippen LogP) is 2.16. The molecule has 0 spiro atoms. The van der Waals surface area contributed by atoms with Gasteiger partial charge in [0.1, 0.15) is 6.33 Å². The molecule has 2 aromatic rings. The van der Waals surface area contributed by atoms with Crippen molar-refractivity contribution in [3.8, 4) is 0 Å². The Morgan fingerprint density at radius 2 is 2.25 bits per heavy atom. The van der Waals surface area contributed by atoms with E-state index in [2.05, 4.69) is 14.3 Å². The number of aryl methyl sites for hydroxylation is 2. The van der Waals surface area contributed by atoms with Gasteiger partial charge in [0.25, 0.3) is 0 Å². The van der Waals surface area contributed by atoms with Crippen LogP contribution in [0, 0.1) is 13.8 Å². The van der Waals surface area contributed by atoms with Crippen LogP contribution in [0.1, 0.15) is 17.0 Å². The van der Waals surface area contributed by atoms with E-state index >= 15 is 0 Å². The lowest BCUT2D eigenvalue weighted by Gasteiger charge is -2.09. The van der Waals surface area contributed by atoms with E-state index in [9.17, 15) is 0 Å². The minimum atomic E-state index is 0.500. The Kier molecular flexibility index (Phi) is 3.52. The summed E-state index contributed by atoms with van der Waals surface area (Å²) >= 11 is 2.99. The Labute approximate surface area is 102 Å². The Hall–Kier alpha value is -0.980. The molecule has 0 atom stereocenters. The third kappa shape index (κ3) is 2.40. The van der Waals surface area contributed by atoms with Gasteiger partial charge < -0.3 is 5.73 Å². The normalized spacial score (nSPS) is 10.7. The SMILES string of the molecule is Cc1cc(Sc2ncns2)c(CN)c(C)n1. The number of nitrogens with zero attached hydrogens (tertiary/aromatic N) is 3. The highest BCUT2D eigenvalue weighted by Crippen LogP contribution is 2.32. The fraction of sp³-hybridized carbons (Fsp3) is 0.300. The second kappa shape index (κ2) is 4.90. The number of aromatic nitrogens is 3. The summed E-state index contributed by atoms with van der Waals surface area (Å²) in [6.07, 6.45) is 1.57. The monoisotopic (exact) mass is 252 g/mol. The third-order valence-electron chi connectivity index (χ3n) is 2.16. The minimum absolute atomic E-state index is 0.500. The molecular weight excluding hydrogens is 240 g/mol. The highest BCUT2D eigenvalue weighted by Gasteiger charge is 2.10. The first kappa shape index (κ1) is 11.5. The zero-order chi connectivity index (χ0) is 11.5. The quantitative estimate of drug-likeness (QED) is 0.907. The van der Waals surface area contributed by atoms with Crippen LogP contribution in [0.4, 0.5) is 0 Å². The van der Waals surface area contributed by atoms with Gasteiger partial charge in [0, 0.05) is 28.4 Å². The number of nitrogens with two attached hydrogens (primary N) is 1. The first-order valence-corrected chi connectivity index (χ1v) is 6.41. The van der Waals surface area contributed by atoms with Gasteiger partial charge in [-0.25, -0.2) is 4.98 Å². The molecule has 0 aromatic carbocycles. The van der Waals surface area contributed by atoms with E-state index < -0.39 is 0 Å². The van der Waals surface area contributed by atoms with Crippen LogP contribution in [0.5, 0.6) is 0 Å². The molecule has 0 aliphatic rings. The maximum absolute atomic E-state index is 5.74. The summed E-state index contributed by atoms with van der Waals surface area (Å²) in [7, 11) is 0. The summed E-state index contributed by atoms with van der Waals surface area (Å²) in [4.78, 5) is 9.69. The van der Waals surface area contributed by atoms with Crippen LogP contribution >= 0.6 is 23.3 Å². The molecule has 0 aliphatic carbocycles. The number of rotatable bonds is 3. The molecule has 2 aromatic heterocycles. The average Bonchev–Trinajstić information content (AvgIpc) is 2.70. The molecule has 84 valence electrons. The Morgan fingerprint density at radius 1 is 1.44 bits per heavy atom. The standard InChI is InChI=1S/C10H12N4S2/c1-6-3-9(8(4-11)7(2)14-6)15-10-12-5-13-16-10/h3,5H,4,11H2,1-2H3. The van der Waals surface area contributed by atoms with Crippen molar-refractivity contribution >= 4 is 23.3 Å². The van der Waals surface area contributed by atoms with Crippen molar-refractivity contribution in [1.29, 1.82) is 0 Å². The molecule has 0 fully saturated rings. The van der Waals surface area contributed by atoms with E-state index in [1.807, 2.05) is 19.9 Å². The van der Waals surface area contributed by atoms with Crippen molar-refractivity contribution in [3.63, 3.8) is 0 Å². The molecule has 4 nitrogen and oxygen atoms in total. The molecule has 2 rings (SSSR count). The van der Waals surface area contributed by atoms with Crippen LogP contribution in [0.15, 0.2) is 21.6 Å². The van der Waals surface area contributed by atoms with Crippen molar-refractivity contribution in [2.24, 2.45) is 5.73 Å². The van der Waals surface area contributed by atoms with Crippen molar-refractivity contribution in [2.45, 2.75) is 29.6 Å². The molecule has 2 heterocycles. The molecule has 0 amide bonds. The first-order chi connectivity index (χ1) is 7.70. The third-order valence-corrected chi connectivity index (χ3v) is 3.96. The summed E-state index contributed by atoms with van der Waals surface area (Å²) in [6.45, 7) is 4.47. The van der Waals surface area contributed by atoms with Crippen LogP contribution in [0.3, 0.4) is 0 Å². The number of hydrogen-bond acceptors (Lipinski definition) is 6. The molecule has 0 saturated heterocycles. The first-order valence-electron chi connectivity index (χ1n) is 4.82. The second-order valence-electron chi connectivity index (χ2n) is 3.34. The highest BCUT2D eigenvalue weighted by atomic mass is 32.2. The molecule has 2 N–H and O–H groups in total. The highest BCUT2D eigenvalue weighted by molar-refractivity contribution is 8.01. The molecular formula is C10H12N4S2. The van der Waals surface area contributed by atoms with Crippen LogP contribution in [-0.4, -0.2) is 14.3 Å². The Bertz CT molecular complexity index is 482. The summed E-state index contributed by atoms with van der Waals surface area (Å²) in [5.41, 5.74) is 8.83. The van der Waals surface area contributed by atoms with E-state index in [4.69, 9.17) is 5.73 Å². The van der Waals surface area contributed by atoms with Gasteiger partial charge in [-0.1, -0.05) is 11.8 Å². The second-order valence-corrected chi connectivity index (χ2v) is 5.41. The van der Waals surface area contributed by atoms with Gasteiger partial charge in [0.05, 0.1) is 0 Å².